The quantitative estimate of drug-likeness (QED) is 0.289. The molecule has 41 heavy (non-hydrogen) atoms. The summed E-state index contributed by atoms with van der Waals surface area (Å²) in [4.78, 5) is 22.5. The molecule has 1 aromatic carbocycles. The molecule has 12 heteroatoms. The number of piperidine rings is 1. The fraction of sp³-hybridized carbons (Fsp3) is 0.276. The fourth-order valence-corrected chi connectivity index (χ4v) is 5.64. The Morgan fingerprint density at radius 3 is 2.49 bits per heavy atom. The molecule has 2 bridgehead atoms. The number of anilines is 3. The lowest BCUT2D eigenvalue weighted by Crippen LogP contribution is -2.68. The van der Waals surface area contributed by atoms with Crippen molar-refractivity contribution >= 4 is 28.4 Å². The van der Waals surface area contributed by atoms with Crippen molar-refractivity contribution in [1.82, 2.24) is 35.0 Å². The van der Waals surface area contributed by atoms with Crippen molar-refractivity contribution in [2.24, 2.45) is 0 Å². The van der Waals surface area contributed by atoms with E-state index in [-0.39, 0.29) is 0 Å². The van der Waals surface area contributed by atoms with E-state index in [1.165, 1.54) is 12.3 Å². The third-order valence-corrected chi connectivity index (χ3v) is 7.71. The number of halogens is 3. The average Bonchev–Trinajstić information content (AvgIpc) is 3.40. The minimum atomic E-state index is -4.42. The third kappa shape index (κ3) is 4.95. The SMILES string of the molecule is Cc1cc(Nc2nc(-c3ccc(N4CC5CC(C4)N5Cc4ccc(C(F)(F)F)nc4)nc3)nc3ccccc23)n[nH]1. The average molecular weight is 558 g/mol. The van der Waals surface area contributed by atoms with E-state index < -0.39 is 11.9 Å². The van der Waals surface area contributed by atoms with Crippen molar-refractivity contribution in [2.45, 2.75) is 38.1 Å². The van der Waals surface area contributed by atoms with Crippen LogP contribution in [0.2, 0.25) is 0 Å². The zero-order valence-electron chi connectivity index (χ0n) is 22.1. The first-order chi connectivity index (χ1) is 19.8. The summed E-state index contributed by atoms with van der Waals surface area (Å²) < 4.78 is 38.5. The van der Waals surface area contributed by atoms with Crippen LogP contribution in [-0.2, 0) is 12.7 Å². The molecule has 0 spiro atoms. The Kier molecular flexibility index (Phi) is 6.07. The van der Waals surface area contributed by atoms with Crippen molar-refractivity contribution < 1.29 is 13.2 Å². The molecule has 8 rings (SSSR count). The van der Waals surface area contributed by atoms with Gasteiger partial charge in [0.1, 0.15) is 17.3 Å². The Morgan fingerprint density at radius 2 is 1.80 bits per heavy atom. The molecule has 2 N–H and O–H groups in total. The summed E-state index contributed by atoms with van der Waals surface area (Å²) in [5.41, 5.74) is 2.49. The Balaban J connectivity index is 1.05. The number of pyridine rings is 2. The summed E-state index contributed by atoms with van der Waals surface area (Å²) in [6.07, 6.45) is -0.221. The lowest BCUT2D eigenvalue weighted by molar-refractivity contribution is -0.141. The number of aromatic nitrogens is 6. The van der Waals surface area contributed by atoms with Gasteiger partial charge in [-0.2, -0.15) is 18.3 Å². The summed E-state index contributed by atoms with van der Waals surface area (Å²) in [7, 11) is 0. The molecule has 9 nitrogen and oxygen atoms in total. The largest absolute Gasteiger partial charge is 0.433 e. The molecule has 208 valence electrons. The molecular formula is C29H26F3N9. The van der Waals surface area contributed by atoms with Gasteiger partial charge in [0.05, 0.1) is 5.52 Å². The van der Waals surface area contributed by atoms with E-state index >= 15 is 0 Å². The number of aryl methyl sites for hydroxylation is 1. The molecule has 2 unspecified atom stereocenters. The normalized spacial score (nSPS) is 18.9. The maximum Gasteiger partial charge on any atom is 0.433 e. The van der Waals surface area contributed by atoms with Crippen LogP contribution in [0.3, 0.4) is 0 Å². The summed E-state index contributed by atoms with van der Waals surface area (Å²) in [6, 6.07) is 16.9. The number of nitrogens with one attached hydrogen (secondary N) is 2. The first-order valence-corrected chi connectivity index (χ1v) is 13.4. The van der Waals surface area contributed by atoms with E-state index in [0.29, 0.717) is 36.1 Å². The number of para-hydroxylation sites is 1. The van der Waals surface area contributed by atoms with Gasteiger partial charge < -0.3 is 10.2 Å². The highest BCUT2D eigenvalue weighted by Gasteiger charge is 2.44. The summed E-state index contributed by atoms with van der Waals surface area (Å²) >= 11 is 0. The first kappa shape index (κ1) is 25.4. The third-order valence-electron chi connectivity index (χ3n) is 7.71. The van der Waals surface area contributed by atoms with Gasteiger partial charge in [-0.3, -0.25) is 15.0 Å². The molecule has 0 amide bonds. The Morgan fingerprint density at radius 1 is 0.976 bits per heavy atom. The van der Waals surface area contributed by atoms with Crippen LogP contribution in [-0.4, -0.2) is 60.2 Å². The van der Waals surface area contributed by atoms with Gasteiger partial charge in [-0.05, 0) is 49.2 Å². The van der Waals surface area contributed by atoms with Crippen LogP contribution in [0.4, 0.5) is 30.6 Å². The Labute approximate surface area is 233 Å². The lowest BCUT2D eigenvalue weighted by Gasteiger charge is -2.56. The molecule has 3 aliphatic heterocycles. The van der Waals surface area contributed by atoms with Crippen molar-refractivity contribution in [3.05, 3.63) is 83.9 Å². The monoisotopic (exact) mass is 557 g/mol. The van der Waals surface area contributed by atoms with Gasteiger partial charge in [-0.25, -0.2) is 15.0 Å². The number of hydrogen-bond donors (Lipinski definition) is 2. The highest BCUT2D eigenvalue weighted by Crippen LogP contribution is 2.36. The molecule has 0 saturated carbocycles. The van der Waals surface area contributed by atoms with Gasteiger partial charge in [0.25, 0.3) is 0 Å². The van der Waals surface area contributed by atoms with E-state index in [1.807, 2.05) is 49.4 Å². The molecule has 5 aromatic rings. The summed E-state index contributed by atoms with van der Waals surface area (Å²) in [5.74, 6) is 2.79. The second-order valence-electron chi connectivity index (χ2n) is 10.5. The number of piperazine rings is 1. The van der Waals surface area contributed by atoms with Crippen LogP contribution >= 0.6 is 0 Å². The maximum atomic E-state index is 12.8. The van der Waals surface area contributed by atoms with Crippen molar-refractivity contribution in [3.8, 4) is 11.4 Å². The number of fused-ring (bicyclic) bond motifs is 3. The van der Waals surface area contributed by atoms with Gasteiger partial charge in [0.15, 0.2) is 11.6 Å². The van der Waals surface area contributed by atoms with Crippen LogP contribution < -0.4 is 10.2 Å². The van der Waals surface area contributed by atoms with Gasteiger partial charge in [-0.1, -0.05) is 18.2 Å². The van der Waals surface area contributed by atoms with Crippen molar-refractivity contribution in [3.63, 3.8) is 0 Å². The Bertz CT molecular complexity index is 1690. The van der Waals surface area contributed by atoms with E-state index in [9.17, 15) is 13.2 Å². The standard InChI is InChI=1S/C29H26F3N9/c1-17-10-25(39-38-17)36-28-22-4-2-3-5-23(22)35-27(37-28)19-7-9-26(34-13-19)40-15-20-11-21(16-40)41(20)14-18-6-8-24(33-12-18)29(30,31)32/h2-10,12-13,20-21H,11,14-16H2,1H3,(H2,35,36,37,38,39). The minimum Gasteiger partial charge on any atom is -0.353 e. The smallest absolute Gasteiger partial charge is 0.353 e. The van der Waals surface area contributed by atoms with E-state index in [1.54, 1.807) is 6.20 Å². The molecule has 0 aliphatic carbocycles. The fourth-order valence-electron chi connectivity index (χ4n) is 5.64. The second-order valence-corrected chi connectivity index (χ2v) is 10.5. The summed E-state index contributed by atoms with van der Waals surface area (Å²) in [5, 5.41) is 11.4. The van der Waals surface area contributed by atoms with Crippen LogP contribution in [0.5, 0.6) is 0 Å². The van der Waals surface area contributed by atoms with Gasteiger partial charge in [0, 0.05) is 66.8 Å². The lowest BCUT2D eigenvalue weighted by atomic mass is 9.87. The predicted molar refractivity (Wildman–Crippen MR) is 149 cm³/mol. The molecule has 3 saturated heterocycles. The van der Waals surface area contributed by atoms with Crippen LogP contribution in [0.1, 0.15) is 23.4 Å². The van der Waals surface area contributed by atoms with Crippen molar-refractivity contribution in [1.29, 1.82) is 0 Å². The molecule has 7 heterocycles. The zero-order valence-corrected chi connectivity index (χ0v) is 22.1. The van der Waals surface area contributed by atoms with E-state index in [4.69, 9.17) is 15.0 Å². The predicted octanol–water partition coefficient (Wildman–Crippen LogP) is 5.34. The molecule has 0 radical (unpaired) electrons. The maximum absolute atomic E-state index is 12.8. The number of nitrogens with zero attached hydrogens (tertiary/aromatic N) is 7. The highest BCUT2D eigenvalue weighted by molar-refractivity contribution is 5.92. The second kappa shape index (κ2) is 9.81. The van der Waals surface area contributed by atoms with Gasteiger partial charge >= 0.3 is 6.18 Å². The van der Waals surface area contributed by atoms with Crippen LogP contribution in [0.15, 0.2) is 67.0 Å². The summed E-state index contributed by atoms with van der Waals surface area (Å²) in [6.45, 7) is 4.14. The van der Waals surface area contributed by atoms with Gasteiger partial charge in [0.2, 0.25) is 0 Å². The van der Waals surface area contributed by atoms with E-state index in [0.717, 1.165) is 59.1 Å². The molecule has 4 aromatic heterocycles. The zero-order chi connectivity index (χ0) is 28.1. The molecule has 3 aliphatic rings. The number of benzene rings is 1. The molecular weight excluding hydrogens is 531 g/mol. The number of hydrogen-bond acceptors (Lipinski definition) is 8. The number of rotatable bonds is 6. The highest BCUT2D eigenvalue weighted by atomic mass is 19.4. The minimum absolute atomic E-state index is 0.320. The first-order valence-electron chi connectivity index (χ1n) is 13.4. The number of aromatic amines is 1. The molecule has 3 fully saturated rings. The number of H-pyrrole nitrogens is 1. The topological polar surface area (TPSA) is 98.8 Å². The van der Waals surface area contributed by atoms with Crippen LogP contribution in [0.25, 0.3) is 22.3 Å². The van der Waals surface area contributed by atoms with Crippen LogP contribution in [0, 0.1) is 6.92 Å². The van der Waals surface area contributed by atoms with Gasteiger partial charge in [-0.15, -0.1) is 0 Å². The Hall–Kier alpha value is -4.58. The van der Waals surface area contributed by atoms with Crippen molar-refractivity contribution in [2.75, 3.05) is 23.3 Å². The molecule has 2 atom stereocenters. The number of alkyl halides is 3. The van der Waals surface area contributed by atoms with E-state index in [2.05, 4.69) is 30.3 Å².